The molecule has 0 aromatic rings. The Balaban J connectivity index is 4.73. The molecule has 2 nitrogen and oxygen atoms in total. The molecule has 0 unspecified atom stereocenters. The Morgan fingerprint density at radius 3 is 2.57 bits per heavy atom. The normalized spacial score (nSPS) is 13.8. The Hall–Kier alpha value is -1.52. The first-order valence-electron chi connectivity index (χ1n) is 3.77. The average molecular weight is 204 g/mol. The lowest BCUT2D eigenvalue weighted by molar-refractivity contribution is 0.187. The molecule has 0 saturated carbocycles. The zero-order valence-corrected chi connectivity index (χ0v) is 7.67. The van der Waals surface area contributed by atoms with Crippen LogP contribution in [0.1, 0.15) is 0 Å². The van der Waals surface area contributed by atoms with Crippen molar-refractivity contribution in [1.29, 1.82) is 0 Å². The average Bonchev–Trinajstić information content (AvgIpc) is 2.14. The highest BCUT2D eigenvalue weighted by Crippen LogP contribution is 2.18. The largest absolute Gasteiger partial charge is 0.368 e. The van der Waals surface area contributed by atoms with E-state index >= 15 is 0 Å². The minimum absolute atomic E-state index is 0.732. The van der Waals surface area contributed by atoms with Crippen LogP contribution < -0.4 is 5.32 Å². The van der Waals surface area contributed by atoms with Gasteiger partial charge < -0.3 is 5.32 Å². The van der Waals surface area contributed by atoms with Gasteiger partial charge in [0.1, 0.15) is 5.83 Å². The van der Waals surface area contributed by atoms with Gasteiger partial charge in [-0.15, -0.1) is 0 Å². The van der Waals surface area contributed by atoms with Crippen molar-refractivity contribution in [2.75, 3.05) is 7.05 Å². The third-order valence-electron chi connectivity index (χ3n) is 1.24. The molecular weight excluding hydrogens is 193 g/mol. The van der Waals surface area contributed by atoms with Crippen LogP contribution in [0.2, 0.25) is 0 Å². The van der Waals surface area contributed by atoms with Crippen molar-refractivity contribution >= 4 is 6.21 Å². The van der Waals surface area contributed by atoms with Crippen LogP contribution in [0.4, 0.5) is 13.2 Å². The fourth-order valence-electron chi connectivity index (χ4n) is 0.621. The maximum Gasteiger partial charge on any atom is 0.268 e. The van der Waals surface area contributed by atoms with Crippen LogP contribution in [-0.2, 0) is 0 Å². The molecule has 0 aliphatic rings. The van der Waals surface area contributed by atoms with Gasteiger partial charge in [0.2, 0.25) is 0 Å². The minimum atomic E-state index is -2.89. The van der Waals surface area contributed by atoms with E-state index in [4.69, 9.17) is 0 Å². The molecule has 0 saturated heterocycles. The van der Waals surface area contributed by atoms with Gasteiger partial charge in [0.25, 0.3) is 6.43 Å². The standard InChI is InChI=1S/C9H11F3N2/c1-3-14-6-7(9(11)12)8(10)4-5-13-2/h3-6,9,14H,1H2,2H3/b7-6+,8-4+,13-5?. The molecule has 5 heteroatoms. The maximum atomic E-state index is 13.0. The predicted octanol–water partition coefficient (Wildman–Crippen LogP) is 2.42. The zero-order chi connectivity index (χ0) is 11.0. The molecule has 0 spiro atoms. The predicted molar refractivity (Wildman–Crippen MR) is 51.0 cm³/mol. The molecule has 78 valence electrons. The Bertz CT molecular complexity index is 267. The highest BCUT2D eigenvalue weighted by molar-refractivity contribution is 5.72. The first-order chi connectivity index (χ1) is 6.63. The summed E-state index contributed by atoms with van der Waals surface area (Å²) in [4.78, 5) is 3.44. The third kappa shape index (κ3) is 4.49. The number of halogens is 3. The van der Waals surface area contributed by atoms with Gasteiger partial charge in [0, 0.05) is 19.5 Å². The second-order valence-corrected chi connectivity index (χ2v) is 2.19. The molecule has 0 atom stereocenters. The fraction of sp³-hybridized carbons (Fsp3) is 0.222. The summed E-state index contributed by atoms with van der Waals surface area (Å²) in [5.74, 6) is -1.03. The summed E-state index contributed by atoms with van der Waals surface area (Å²) in [6.07, 6.45) is 1.10. The molecule has 14 heavy (non-hydrogen) atoms. The van der Waals surface area contributed by atoms with Crippen molar-refractivity contribution in [3.63, 3.8) is 0 Å². The molecule has 1 N–H and O–H groups in total. The quantitative estimate of drug-likeness (QED) is 0.539. The van der Waals surface area contributed by atoms with Crippen LogP contribution in [0.15, 0.2) is 41.4 Å². The van der Waals surface area contributed by atoms with Crippen molar-refractivity contribution in [3.05, 3.63) is 36.5 Å². The zero-order valence-electron chi connectivity index (χ0n) is 7.67. The van der Waals surface area contributed by atoms with Gasteiger partial charge in [-0.2, -0.15) is 0 Å². The number of hydrogen-bond acceptors (Lipinski definition) is 2. The number of rotatable bonds is 5. The van der Waals surface area contributed by atoms with E-state index in [1.807, 2.05) is 0 Å². The van der Waals surface area contributed by atoms with Crippen molar-refractivity contribution < 1.29 is 13.2 Å². The molecule has 0 fully saturated rings. The first kappa shape index (κ1) is 12.5. The van der Waals surface area contributed by atoms with E-state index in [1.165, 1.54) is 13.2 Å². The third-order valence-corrected chi connectivity index (χ3v) is 1.24. The fourth-order valence-corrected chi connectivity index (χ4v) is 0.621. The number of nitrogens with one attached hydrogen (secondary N) is 1. The van der Waals surface area contributed by atoms with Gasteiger partial charge in [0.15, 0.2) is 0 Å². The summed E-state index contributed by atoms with van der Waals surface area (Å²) < 4.78 is 37.4. The SMILES string of the molecule is C=CN/C=C(\C(F)=C/C=NC)C(F)F. The van der Waals surface area contributed by atoms with Gasteiger partial charge in [-0.05, 0) is 12.3 Å². The van der Waals surface area contributed by atoms with Gasteiger partial charge in [0.05, 0.1) is 5.57 Å². The summed E-state index contributed by atoms with van der Waals surface area (Å²) in [7, 11) is 1.41. The number of allylic oxidation sites excluding steroid dienone is 3. The molecule has 0 rings (SSSR count). The van der Waals surface area contributed by atoms with Crippen LogP contribution in [0.3, 0.4) is 0 Å². The van der Waals surface area contributed by atoms with E-state index in [-0.39, 0.29) is 0 Å². The van der Waals surface area contributed by atoms with Crippen molar-refractivity contribution in [3.8, 4) is 0 Å². The second-order valence-electron chi connectivity index (χ2n) is 2.19. The van der Waals surface area contributed by atoms with Crippen LogP contribution in [-0.4, -0.2) is 19.7 Å². The Labute approximate surface area is 80.5 Å². The lowest BCUT2D eigenvalue weighted by Gasteiger charge is -2.02. The van der Waals surface area contributed by atoms with Crippen LogP contribution in [0, 0.1) is 0 Å². The topological polar surface area (TPSA) is 24.4 Å². The van der Waals surface area contributed by atoms with Crippen LogP contribution >= 0.6 is 0 Å². The number of nitrogens with zero attached hydrogens (tertiary/aromatic N) is 1. The summed E-state index contributed by atoms with van der Waals surface area (Å²) >= 11 is 0. The lowest BCUT2D eigenvalue weighted by Crippen LogP contribution is -2.03. The smallest absolute Gasteiger partial charge is 0.268 e. The maximum absolute atomic E-state index is 13.0. The lowest BCUT2D eigenvalue weighted by atomic mass is 10.2. The molecule has 0 aromatic heterocycles. The highest BCUT2D eigenvalue weighted by atomic mass is 19.3. The number of alkyl halides is 2. The second kappa shape index (κ2) is 6.94. The van der Waals surface area contributed by atoms with E-state index in [1.54, 1.807) is 0 Å². The summed E-state index contributed by atoms with van der Waals surface area (Å²) in [5.41, 5.74) is -0.732. The van der Waals surface area contributed by atoms with Crippen molar-refractivity contribution in [2.45, 2.75) is 6.43 Å². The first-order valence-corrected chi connectivity index (χ1v) is 3.77. The Morgan fingerprint density at radius 1 is 1.50 bits per heavy atom. The van der Waals surface area contributed by atoms with E-state index in [9.17, 15) is 13.2 Å². The highest BCUT2D eigenvalue weighted by Gasteiger charge is 2.15. The van der Waals surface area contributed by atoms with E-state index in [2.05, 4.69) is 16.9 Å². The summed E-state index contributed by atoms with van der Waals surface area (Å²) in [6, 6.07) is 0. The van der Waals surface area contributed by atoms with Gasteiger partial charge in [-0.25, -0.2) is 13.2 Å². The molecule has 0 amide bonds. The van der Waals surface area contributed by atoms with Gasteiger partial charge in [-0.1, -0.05) is 6.58 Å². The minimum Gasteiger partial charge on any atom is -0.368 e. The van der Waals surface area contributed by atoms with Crippen molar-refractivity contribution in [2.24, 2.45) is 4.99 Å². The molecule has 0 aromatic carbocycles. The number of hydrogen-bond donors (Lipinski definition) is 1. The Morgan fingerprint density at radius 2 is 2.14 bits per heavy atom. The summed E-state index contributed by atoms with van der Waals surface area (Å²) in [5, 5.41) is 2.28. The molecular formula is C9H11F3N2. The molecule has 0 aliphatic carbocycles. The van der Waals surface area contributed by atoms with E-state index in [0.717, 1.165) is 18.5 Å². The van der Waals surface area contributed by atoms with E-state index < -0.39 is 17.8 Å². The molecule has 0 heterocycles. The van der Waals surface area contributed by atoms with Gasteiger partial charge >= 0.3 is 0 Å². The molecule has 0 bridgehead atoms. The Kier molecular flexibility index (Phi) is 6.19. The number of aliphatic imine (C=N–C) groups is 1. The van der Waals surface area contributed by atoms with Crippen LogP contribution in [0.25, 0.3) is 0 Å². The van der Waals surface area contributed by atoms with Gasteiger partial charge in [-0.3, -0.25) is 4.99 Å². The van der Waals surface area contributed by atoms with E-state index in [0.29, 0.717) is 0 Å². The monoisotopic (exact) mass is 204 g/mol. The molecule has 0 aliphatic heterocycles. The van der Waals surface area contributed by atoms with Crippen LogP contribution in [0.5, 0.6) is 0 Å². The summed E-state index contributed by atoms with van der Waals surface area (Å²) in [6.45, 7) is 3.24. The van der Waals surface area contributed by atoms with Crippen molar-refractivity contribution in [1.82, 2.24) is 5.32 Å². The molecule has 0 radical (unpaired) electrons.